The van der Waals surface area contributed by atoms with Crippen LogP contribution in [-0.2, 0) is 42.7 Å². The molecule has 4 aliphatic rings. The van der Waals surface area contributed by atoms with Crippen molar-refractivity contribution in [2.75, 3.05) is 54.6 Å². The lowest BCUT2D eigenvalue weighted by Crippen LogP contribution is -2.63. The Balaban J connectivity index is 1.68. The van der Waals surface area contributed by atoms with Gasteiger partial charge in [0.25, 0.3) is 0 Å². The molecule has 0 saturated carbocycles. The summed E-state index contributed by atoms with van der Waals surface area (Å²) >= 11 is 0. The Morgan fingerprint density at radius 2 is 1.44 bits per heavy atom. The second kappa shape index (κ2) is 23.9. The molecule has 4 N–H and O–H groups in total. The number of ketones is 1. The standard InChI is InChI=1S/C46H80N2O13/c1-13-36-33(24-57-46-44(56-12)43(55-11)40(53)31(8)59-46)19-25(2)14-15-34(49)28(5)20-32(16-17-48-22-26(3)18-27(4)23-48)42(29(6)35(50)21-37(51)60-36)61-45-41(54)38(47(9)10)39(52)30(7)58-45/h14-15,19,26-33,35-36,38-46,50,52-54H,13,16-18,20-24H2,1-12H3/b15-14-,25-19-/t26-,27+,28-,29+,30?,31?,32+,33-,35-,36-,38?,39?,40?,41?,42-,43?,44?,45?,46?/m1/s1. The second-order valence-corrected chi connectivity index (χ2v) is 18.9. The Morgan fingerprint density at radius 1 is 0.820 bits per heavy atom. The first-order chi connectivity index (χ1) is 28.8. The minimum absolute atomic E-state index is 0.0427. The van der Waals surface area contributed by atoms with Crippen LogP contribution in [0.25, 0.3) is 0 Å². The third kappa shape index (κ3) is 13.8. The third-order valence-corrected chi connectivity index (χ3v) is 13.5. The first-order valence-corrected chi connectivity index (χ1v) is 22.6. The highest BCUT2D eigenvalue weighted by Crippen LogP contribution is 2.36. The van der Waals surface area contributed by atoms with Gasteiger partial charge in [0.15, 0.2) is 18.4 Å². The summed E-state index contributed by atoms with van der Waals surface area (Å²) in [5.74, 6) is -1.46. The monoisotopic (exact) mass is 869 g/mol. The summed E-state index contributed by atoms with van der Waals surface area (Å²) in [5, 5.41) is 45.3. The lowest BCUT2D eigenvalue weighted by Gasteiger charge is -2.47. The van der Waals surface area contributed by atoms with E-state index in [4.69, 9.17) is 33.2 Å². The summed E-state index contributed by atoms with van der Waals surface area (Å²) in [6, 6.07) is -0.684. The number of carbonyl (C=O) groups is 2. The summed E-state index contributed by atoms with van der Waals surface area (Å²) in [5.41, 5.74) is 0.761. The Hall–Kier alpha value is -1.86. The van der Waals surface area contributed by atoms with Crippen molar-refractivity contribution in [3.05, 3.63) is 23.8 Å². The Morgan fingerprint density at radius 3 is 2.05 bits per heavy atom. The van der Waals surface area contributed by atoms with Gasteiger partial charge in [0.2, 0.25) is 0 Å². The fourth-order valence-corrected chi connectivity index (χ4v) is 10.0. The molecule has 10 unspecified atom stereocenters. The summed E-state index contributed by atoms with van der Waals surface area (Å²) < 4.78 is 42.6. The lowest BCUT2D eigenvalue weighted by molar-refractivity contribution is -0.304. The van der Waals surface area contributed by atoms with Crippen LogP contribution in [-0.4, -0.2) is 176 Å². The summed E-state index contributed by atoms with van der Waals surface area (Å²) in [4.78, 5) is 32.1. The third-order valence-electron chi connectivity index (χ3n) is 13.5. The van der Waals surface area contributed by atoms with Gasteiger partial charge < -0.3 is 63.4 Å². The number of allylic oxidation sites excluding steroid dienone is 3. The highest BCUT2D eigenvalue weighted by atomic mass is 16.7. The van der Waals surface area contributed by atoms with E-state index in [1.54, 1.807) is 45.0 Å². The maximum Gasteiger partial charge on any atom is 0.308 e. The molecule has 3 fully saturated rings. The molecular weight excluding hydrogens is 789 g/mol. The molecule has 4 heterocycles. The van der Waals surface area contributed by atoms with E-state index in [9.17, 15) is 30.0 Å². The smallest absolute Gasteiger partial charge is 0.308 e. The van der Waals surface area contributed by atoms with Crippen molar-refractivity contribution in [2.24, 2.45) is 35.5 Å². The predicted molar refractivity (Wildman–Crippen MR) is 229 cm³/mol. The normalized spacial score (nSPS) is 44.3. The van der Waals surface area contributed by atoms with Crippen molar-refractivity contribution in [1.29, 1.82) is 0 Å². The number of esters is 1. The Labute approximate surface area is 365 Å². The van der Waals surface area contributed by atoms with Crippen molar-refractivity contribution in [3.63, 3.8) is 0 Å². The molecule has 0 amide bonds. The van der Waals surface area contributed by atoms with E-state index >= 15 is 0 Å². The van der Waals surface area contributed by atoms with Crippen LogP contribution in [0.1, 0.15) is 87.5 Å². The Bertz CT molecular complexity index is 1420. The van der Waals surface area contributed by atoms with E-state index < -0.39 is 103 Å². The average Bonchev–Trinajstić information content (AvgIpc) is 3.19. The molecule has 15 heteroatoms. The quantitative estimate of drug-likeness (QED) is 0.209. The van der Waals surface area contributed by atoms with E-state index in [2.05, 4.69) is 18.7 Å². The maximum absolute atomic E-state index is 14.0. The molecule has 61 heavy (non-hydrogen) atoms. The number of piperidine rings is 1. The first-order valence-electron chi connectivity index (χ1n) is 22.6. The van der Waals surface area contributed by atoms with Crippen LogP contribution >= 0.6 is 0 Å². The number of carbonyl (C=O) groups excluding carboxylic acids is 2. The molecule has 0 aromatic heterocycles. The number of ether oxygens (including phenoxy) is 7. The van der Waals surface area contributed by atoms with Crippen LogP contribution in [0.5, 0.6) is 0 Å². The van der Waals surface area contributed by atoms with Gasteiger partial charge in [-0.3, -0.25) is 9.59 Å². The molecule has 4 aliphatic heterocycles. The van der Waals surface area contributed by atoms with Gasteiger partial charge in [-0.15, -0.1) is 0 Å². The molecule has 0 aromatic carbocycles. The zero-order valence-corrected chi connectivity index (χ0v) is 38.9. The summed E-state index contributed by atoms with van der Waals surface area (Å²) in [6.45, 7) is 18.2. The topological polar surface area (TPSA) is 186 Å². The molecular formula is C46H80N2O13. The Kier molecular flexibility index (Phi) is 20.3. The van der Waals surface area contributed by atoms with Crippen LogP contribution in [0, 0.1) is 35.5 Å². The van der Waals surface area contributed by atoms with Crippen molar-refractivity contribution in [3.8, 4) is 0 Å². The van der Waals surface area contributed by atoms with Gasteiger partial charge in [-0.05, 0) is 90.9 Å². The molecule has 4 rings (SSSR count). The minimum atomic E-state index is -1.23. The predicted octanol–water partition coefficient (Wildman–Crippen LogP) is 3.34. The number of nitrogens with zero attached hydrogens (tertiary/aromatic N) is 2. The number of cyclic esters (lactones) is 1. The second-order valence-electron chi connectivity index (χ2n) is 18.9. The van der Waals surface area contributed by atoms with Crippen LogP contribution in [0.3, 0.4) is 0 Å². The van der Waals surface area contributed by atoms with Crippen LogP contribution in [0.15, 0.2) is 23.8 Å². The molecule has 352 valence electrons. The van der Waals surface area contributed by atoms with Crippen molar-refractivity contribution < 1.29 is 63.2 Å². The molecule has 0 aliphatic carbocycles. The van der Waals surface area contributed by atoms with Gasteiger partial charge in [-0.1, -0.05) is 52.3 Å². The zero-order chi connectivity index (χ0) is 45.3. The van der Waals surface area contributed by atoms with Crippen LogP contribution in [0.4, 0.5) is 0 Å². The first kappa shape index (κ1) is 51.8. The maximum atomic E-state index is 14.0. The van der Waals surface area contributed by atoms with Crippen molar-refractivity contribution >= 4 is 11.8 Å². The van der Waals surface area contributed by atoms with Gasteiger partial charge in [0.05, 0.1) is 49.6 Å². The van der Waals surface area contributed by atoms with Crippen LogP contribution < -0.4 is 0 Å². The van der Waals surface area contributed by atoms with E-state index in [1.807, 2.05) is 33.8 Å². The van der Waals surface area contributed by atoms with Gasteiger partial charge >= 0.3 is 5.97 Å². The summed E-state index contributed by atoms with van der Waals surface area (Å²) in [7, 11) is 6.54. The number of methoxy groups -OCH3 is 2. The van der Waals surface area contributed by atoms with E-state index in [1.165, 1.54) is 20.6 Å². The number of likely N-dealkylation sites (tertiary alicyclic amines) is 1. The molecule has 0 bridgehead atoms. The highest BCUT2D eigenvalue weighted by Gasteiger charge is 2.48. The van der Waals surface area contributed by atoms with E-state index in [0.29, 0.717) is 31.1 Å². The molecule has 0 radical (unpaired) electrons. The fourth-order valence-electron chi connectivity index (χ4n) is 10.0. The van der Waals surface area contributed by atoms with Crippen LogP contribution in [0.2, 0.25) is 0 Å². The highest BCUT2D eigenvalue weighted by molar-refractivity contribution is 5.91. The number of aliphatic hydroxyl groups excluding tert-OH is 4. The number of aliphatic hydroxyl groups is 4. The summed E-state index contributed by atoms with van der Waals surface area (Å²) in [6.07, 6.45) is -2.96. The lowest BCUT2D eigenvalue weighted by atomic mass is 9.79. The molecule has 3 saturated heterocycles. The fraction of sp³-hybridized carbons (Fsp3) is 0.870. The average molecular weight is 869 g/mol. The van der Waals surface area contributed by atoms with Gasteiger partial charge in [0, 0.05) is 45.1 Å². The van der Waals surface area contributed by atoms with Gasteiger partial charge in [-0.2, -0.15) is 0 Å². The molecule has 19 atom stereocenters. The SMILES string of the molecule is CC[C@H]1OC(=O)C[C@@H](O)[C@H](C)[C@@H](OC2OC(C)C(O)C(N(C)C)C2O)[C@@H](CCN2C[C@H](C)C[C@H](C)C2)C[C@@H](C)C(=O)/C=C\C(C)=C/[C@@H]1COC1OC(C)C(O)C(OC)C1OC. The number of hydrogen-bond donors (Lipinski definition) is 4. The van der Waals surface area contributed by atoms with Crippen molar-refractivity contribution in [2.45, 2.75) is 167 Å². The van der Waals surface area contributed by atoms with Gasteiger partial charge in [-0.25, -0.2) is 0 Å². The molecule has 0 aromatic rings. The molecule has 15 nitrogen and oxygen atoms in total. The van der Waals surface area contributed by atoms with Crippen molar-refractivity contribution in [1.82, 2.24) is 9.80 Å². The zero-order valence-electron chi connectivity index (χ0n) is 38.9. The van der Waals surface area contributed by atoms with Gasteiger partial charge in [0.1, 0.15) is 30.5 Å². The number of hydrogen-bond acceptors (Lipinski definition) is 15. The largest absolute Gasteiger partial charge is 0.462 e. The molecule has 0 spiro atoms. The minimum Gasteiger partial charge on any atom is -0.462 e. The van der Waals surface area contributed by atoms with E-state index in [-0.39, 0.29) is 24.7 Å². The number of rotatable bonds is 12. The number of likely N-dealkylation sites (N-methyl/N-ethyl adjacent to an activating group) is 1. The van der Waals surface area contributed by atoms with E-state index in [0.717, 1.165) is 25.2 Å².